The highest BCUT2D eigenvalue weighted by Crippen LogP contribution is 2.44. The largest absolute Gasteiger partial charge is 0.497 e. The van der Waals surface area contributed by atoms with Crippen molar-refractivity contribution in [1.29, 1.82) is 0 Å². The predicted octanol–water partition coefficient (Wildman–Crippen LogP) is 5.17. The molecule has 8 heteroatoms. The molecule has 1 atom stereocenters. The van der Waals surface area contributed by atoms with Crippen LogP contribution in [0.15, 0.2) is 75.9 Å². The molecule has 1 amide bonds. The average molecular weight is 471 g/mol. The average Bonchev–Trinajstić information content (AvgIpc) is 3.42. The van der Waals surface area contributed by atoms with E-state index < -0.39 is 11.9 Å². The van der Waals surface area contributed by atoms with Gasteiger partial charge in [0.15, 0.2) is 10.6 Å². The third-order valence-corrected chi connectivity index (χ3v) is 7.02. The number of fused-ring (bicyclic) bond motifs is 3. The molecule has 0 spiro atoms. The Hall–Kier alpha value is -4.17. The van der Waals surface area contributed by atoms with Crippen molar-refractivity contribution in [2.75, 3.05) is 19.1 Å². The minimum absolute atomic E-state index is 0.0429. The van der Waals surface area contributed by atoms with E-state index in [0.717, 1.165) is 15.8 Å². The molecular weight excluding hydrogens is 452 g/mol. The number of hydrogen-bond donors (Lipinski definition) is 0. The summed E-state index contributed by atoms with van der Waals surface area (Å²) in [6, 6.07) is 19.1. The Bertz CT molecular complexity index is 1640. The van der Waals surface area contributed by atoms with Gasteiger partial charge in [-0.2, -0.15) is 0 Å². The van der Waals surface area contributed by atoms with Crippen LogP contribution < -0.4 is 19.8 Å². The molecule has 2 aromatic heterocycles. The zero-order chi connectivity index (χ0) is 23.4. The zero-order valence-electron chi connectivity index (χ0n) is 18.3. The van der Waals surface area contributed by atoms with Crippen LogP contribution in [0.4, 0.5) is 5.13 Å². The molecule has 0 saturated heterocycles. The summed E-state index contributed by atoms with van der Waals surface area (Å²) in [5, 5.41) is 0.910. The van der Waals surface area contributed by atoms with Crippen LogP contribution in [0.2, 0.25) is 0 Å². The molecule has 0 aliphatic carbocycles. The van der Waals surface area contributed by atoms with Crippen LogP contribution >= 0.6 is 11.3 Å². The summed E-state index contributed by atoms with van der Waals surface area (Å²) in [7, 11) is 3.19. The van der Waals surface area contributed by atoms with Crippen molar-refractivity contribution in [3.63, 3.8) is 0 Å². The summed E-state index contributed by atoms with van der Waals surface area (Å²) in [5.41, 5.74) is 1.96. The van der Waals surface area contributed by atoms with E-state index in [2.05, 4.69) is 0 Å². The maximum atomic E-state index is 13.7. The van der Waals surface area contributed by atoms with Gasteiger partial charge < -0.3 is 13.9 Å². The molecule has 34 heavy (non-hydrogen) atoms. The second kappa shape index (κ2) is 7.71. The maximum Gasteiger partial charge on any atom is 0.297 e. The van der Waals surface area contributed by atoms with Crippen LogP contribution in [0, 0.1) is 0 Å². The fourth-order valence-corrected chi connectivity index (χ4v) is 5.36. The molecule has 0 saturated carbocycles. The van der Waals surface area contributed by atoms with Gasteiger partial charge in [0.25, 0.3) is 5.91 Å². The highest BCUT2D eigenvalue weighted by Gasteiger charge is 2.45. The molecule has 0 radical (unpaired) electrons. The Labute approximate surface area is 197 Å². The highest BCUT2D eigenvalue weighted by atomic mass is 32.1. The summed E-state index contributed by atoms with van der Waals surface area (Å²) in [6.45, 7) is 0. The van der Waals surface area contributed by atoms with Crippen LogP contribution in [-0.4, -0.2) is 25.1 Å². The fourth-order valence-electron chi connectivity index (χ4n) is 4.34. The molecule has 1 aliphatic heterocycles. The lowest BCUT2D eigenvalue weighted by molar-refractivity contribution is 0.0971. The number of amides is 1. The minimum atomic E-state index is -0.684. The van der Waals surface area contributed by atoms with Gasteiger partial charge in [0.2, 0.25) is 5.76 Å². The molecule has 0 N–H and O–H groups in total. The van der Waals surface area contributed by atoms with Crippen LogP contribution in [0.3, 0.4) is 0 Å². The monoisotopic (exact) mass is 470 g/mol. The first-order valence-corrected chi connectivity index (χ1v) is 11.4. The van der Waals surface area contributed by atoms with Crippen molar-refractivity contribution in [1.82, 2.24) is 4.98 Å². The van der Waals surface area contributed by atoms with Crippen LogP contribution in [-0.2, 0) is 0 Å². The van der Waals surface area contributed by atoms with E-state index in [1.54, 1.807) is 43.4 Å². The molecule has 168 valence electrons. The van der Waals surface area contributed by atoms with E-state index in [0.29, 0.717) is 33.2 Å². The van der Waals surface area contributed by atoms with E-state index in [4.69, 9.17) is 18.9 Å². The standard InChI is InChI=1S/C26H18N2O5S/c1-31-15-9-7-14(8-10-15)22-21-23(29)17-5-3-4-6-19(17)33-24(21)25(30)28(22)26-27-18-12-11-16(32-2)13-20(18)34-26/h3-13,22H,1-2H3. The maximum absolute atomic E-state index is 13.7. The van der Waals surface area contributed by atoms with Gasteiger partial charge in [-0.05, 0) is 48.0 Å². The number of carbonyl (C=O) groups excluding carboxylic acids is 1. The van der Waals surface area contributed by atoms with Crippen molar-refractivity contribution < 1.29 is 18.7 Å². The number of para-hydroxylation sites is 1. The highest BCUT2D eigenvalue weighted by molar-refractivity contribution is 7.22. The predicted molar refractivity (Wildman–Crippen MR) is 130 cm³/mol. The SMILES string of the molecule is COc1ccc(C2c3c(oc4ccccc4c3=O)C(=O)N2c2nc3ccc(OC)cc3s2)cc1. The van der Waals surface area contributed by atoms with Gasteiger partial charge in [-0.15, -0.1) is 0 Å². The van der Waals surface area contributed by atoms with Gasteiger partial charge in [-0.3, -0.25) is 14.5 Å². The molecule has 3 heterocycles. The van der Waals surface area contributed by atoms with Crippen molar-refractivity contribution in [2.45, 2.75) is 6.04 Å². The van der Waals surface area contributed by atoms with Gasteiger partial charge in [0.1, 0.15) is 17.1 Å². The number of methoxy groups -OCH3 is 2. The Morgan fingerprint density at radius 3 is 2.44 bits per heavy atom. The van der Waals surface area contributed by atoms with Gasteiger partial charge >= 0.3 is 0 Å². The summed E-state index contributed by atoms with van der Waals surface area (Å²) in [5.74, 6) is 1.03. The van der Waals surface area contributed by atoms with E-state index in [9.17, 15) is 9.59 Å². The quantitative estimate of drug-likeness (QED) is 0.360. The van der Waals surface area contributed by atoms with Gasteiger partial charge in [-0.25, -0.2) is 4.98 Å². The Morgan fingerprint density at radius 1 is 0.941 bits per heavy atom. The number of ether oxygens (including phenoxy) is 2. The molecule has 1 aliphatic rings. The Balaban J connectivity index is 1.60. The number of carbonyl (C=O) groups is 1. The second-order valence-electron chi connectivity index (χ2n) is 7.85. The number of nitrogens with zero attached hydrogens (tertiary/aromatic N) is 2. The third-order valence-electron chi connectivity index (χ3n) is 6.00. The molecule has 0 bridgehead atoms. The molecule has 7 nitrogen and oxygen atoms in total. The van der Waals surface area contributed by atoms with E-state index >= 15 is 0 Å². The first kappa shape index (κ1) is 20.4. The van der Waals surface area contributed by atoms with Crippen LogP contribution in [0.5, 0.6) is 11.5 Å². The fraction of sp³-hybridized carbons (Fsp3) is 0.115. The van der Waals surface area contributed by atoms with Gasteiger partial charge in [0, 0.05) is 0 Å². The van der Waals surface area contributed by atoms with Crippen LogP contribution in [0.25, 0.3) is 21.2 Å². The molecule has 5 aromatic rings. The summed E-state index contributed by atoms with van der Waals surface area (Å²) < 4.78 is 17.5. The van der Waals surface area contributed by atoms with Crippen LogP contribution in [0.1, 0.15) is 27.7 Å². The van der Waals surface area contributed by atoms with Crippen molar-refractivity contribution in [2.24, 2.45) is 0 Å². The van der Waals surface area contributed by atoms with E-state index in [1.165, 1.54) is 11.3 Å². The molecule has 3 aromatic carbocycles. The number of benzene rings is 3. The topological polar surface area (TPSA) is 81.9 Å². The first-order chi connectivity index (χ1) is 16.6. The van der Waals surface area contributed by atoms with Gasteiger partial charge in [-0.1, -0.05) is 35.6 Å². The van der Waals surface area contributed by atoms with E-state index in [-0.39, 0.29) is 11.2 Å². The van der Waals surface area contributed by atoms with Crippen molar-refractivity contribution in [3.8, 4) is 11.5 Å². The minimum Gasteiger partial charge on any atom is -0.497 e. The molecular formula is C26H18N2O5S. The zero-order valence-corrected chi connectivity index (χ0v) is 19.1. The lowest BCUT2D eigenvalue weighted by Crippen LogP contribution is -2.29. The number of aromatic nitrogens is 1. The number of rotatable bonds is 4. The van der Waals surface area contributed by atoms with Crippen molar-refractivity contribution >= 4 is 43.6 Å². The summed E-state index contributed by atoms with van der Waals surface area (Å²) in [6.07, 6.45) is 0. The number of thiazole rings is 1. The molecule has 0 fully saturated rings. The van der Waals surface area contributed by atoms with E-state index in [1.807, 2.05) is 42.5 Å². The third kappa shape index (κ3) is 2.99. The molecule has 1 unspecified atom stereocenters. The summed E-state index contributed by atoms with van der Waals surface area (Å²) in [4.78, 5) is 33.6. The van der Waals surface area contributed by atoms with Gasteiger partial charge in [0.05, 0.1) is 41.4 Å². The Morgan fingerprint density at radius 2 is 1.68 bits per heavy atom. The lowest BCUT2D eigenvalue weighted by Gasteiger charge is -2.22. The second-order valence-corrected chi connectivity index (χ2v) is 8.86. The molecule has 6 rings (SSSR count). The Kier molecular flexibility index (Phi) is 4.63. The lowest BCUT2D eigenvalue weighted by atomic mass is 9.98. The van der Waals surface area contributed by atoms with Crippen molar-refractivity contribution in [3.05, 3.63) is 93.8 Å². The normalized spacial score (nSPS) is 15.2. The smallest absolute Gasteiger partial charge is 0.297 e. The first-order valence-electron chi connectivity index (χ1n) is 10.6. The number of hydrogen-bond acceptors (Lipinski definition) is 7. The number of anilines is 1. The summed E-state index contributed by atoms with van der Waals surface area (Å²) >= 11 is 1.36.